The Kier molecular flexibility index (Phi) is 7.15. The molecule has 0 unspecified atom stereocenters. The van der Waals surface area contributed by atoms with Crippen molar-refractivity contribution < 1.29 is 18.0 Å². The van der Waals surface area contributed by atoms with E-state index in [1.165, 1.54) is 18.2 Å². The van der Waals surface area contributed by atoms with Gasteiger partial charge < -0.3 is 10.2 Å². The zero-order chi connectivity index (χ0) is 21.0. The van der Waals surface area contributed by atoms with Crippen molar-refractivity contribution in [2.45, 2.75) is 17.7 Å². The molecule has 0 aliphatic carbocycles. The minimum Gasteiger partial charge on any atom is -0.342 e. The highest BCUT2D eigenvalue weighted by Crippen LogP contribution is 2.25. The molecule has 2 amide bonds. The van der Waals surface area contributed by atoms with E-state index < -0.39 is 9.84 Å². The number of rotatable bonds is 6. The molecule has 0 bridgehead atoms. The number of carbonyl (C=O) groups is 2. The van der Waals surface area contributed by atoms with Crippen molar-refractivity contribution in [2.24, 2.45) is 0 Å². The molecule has 10 heteroatoms. The molecule has 0 atom stereocenters. The Morgan fingerprint density at radius 1 is 1.00 bits per heavy atom. The van der Waals surface area contributed by atoms with Gasteiger partial charge in [-0.1, -0.05) is 11.6 Å². The Morgan fingerprint density at radius 2 is 1.59 bits per heavy atom. The third-order valence-corrected chi connectivity index (χ3v) is 6.73. The Hall–Kier alpha value is -1.68. The Labute approximate surface area is 176 Å². The summed E-state index contributed by atoms with van der Waals surface area (Å²) in [5.41, 5.74) is 0.287. The largest absolute Gasteiger partial charge is 0.342 e. The van der Waals surface area contributed by atoms with Crippen LogP contribution in [0.2, 0.25) is 5.02 Å². The van der Waals surface area contributed by atoms with Gasteiger partial charge >= 0.3 is 0 Å². The van der Waals surface area contributed by atoms with Crippen LogP contribution in [0, 0.1) is 0 Å². The number of carbonyl (C=O) groups excluding carboxylic acids is 2. The van der Waals surface area contributed by atoms with Crippen LogP contribution in [0.3, 0.4) is 0 Å². The van der Waals surface area contributed by atoms with Crippen molar-refractivity contribution in [3.63, 3.8) is 0 Å². The Balaban J connectivity index is 1.47. The fourth-order valence-electron chi connectivity index (χ4n) is 3.59. The van der Waals surface area contributed by atoms with Gasteiger partial charge in [-0.2, -0.15) is 0 Å². The summed E-state index contributed by atoms with van der Waals surface area (Å²) in [5.74, 6) is -0.0618. The number of hydrogen-bond acceptors (Lipinski definition) is 6. The van der Waals surface area contributed by atoms with Crippen LogP contribution in [-0.2, 0) is 19.4 Å². The van der Waals surface area contributed by atoms with Gasteiger partial charge in [0.15, 0.2) is 9.84 Å². The van der Waals surface area contributed by atoms with E-state index in [-0.39, 0.29) is 34.0 Å². The summed E-state index contributed by atoms with van der Waals surface area (Å²) >= 11 is 6.09. The number of hydrogen-bond donors (Lipinski definition) is 1. The number of nitrogens with zero attached hydrogens (tertiary/aromatic N) is 3. The molecule has 0 saturated carbocycles. The lowest BCUT2D eigenvalue weighted by Crippen LogP contribution is -2.51. The van der Waals surface area contributed by atoms with E-state index in [1.54, 1.807) is 0 Å². The van der Waals surface area contributed by atoms with Crippen LogP contribution in [-0.4, -0.2) is 93.5 Å². The van der Waals surface area contributed by atoms with Gasteiger partial charge in [0.05, 0.1) is 28.7 Å². The number of halogens is 1. The average molecular weight is 443 g/mol. The quantitative estimate of drug-likeness (QED) is 0.704. The van der Waals surface area contributed by atoms with Crippen LogP contribution in [0.5, 0.6) is 0 Å². The fourth-order valence-corrected chi connectivity index (χ4v) is 4.40. The molecule has 2 heterocycles. The van der Waals surface area contributed by atoms with Gasteiger partial charge in [0.1, 0.15) is 0 Å². The predicted molar refractivity (Wildman–Crippen MR) is 112 cm³/mol. The van der Waals surface area contributed by atoms with Crippen LogP contribution >= 0.6 is 11.6 Å². The first-order valence-electron chi connectivity index (χ1n) is 9.74. The Morgan fingerprint density at radius 3 is 2.17 bits per heavy atom. The first-order valence-corrected chi connectivity index (χ1v) is 12.0. The molecular formula is C19H27ClN4O4S. The molecule has 160 valence electrons. The minimum atomic E-state index is -3.38. The van der Waals surface area contributed by atoms with Crippen molar-refractivity contribution >= 4 is 38.9 Å². The minimum absolute atomic E-state index is 0.105. The van der Waals surface area contributed by atoms with E-state index in [0.29, 0.717) is 19.6 Å². The molecule has 0 spiro atoms. The highest BCUT2D eigenvalue weighted by atomic mass is 35.5. The smallest absolute Gasteiger partial charge is 0.238 e. The van der Waals surface area contributed by atoms with E-state index in [9.17, 15) is 18.0 Å². The second-order valence-electron chi connectivity index (χ2n) is 7.60. The number of likely N-dealkylation sites (tertiary alicyclic amines) is 1. The lowest BCUT2D eigenvalue weighted by Gasteiger charge is -2.34. The van der Waals surface area contributed by atoms with Crippen molar-refractivity contribution in [1.82, 2.24) is 14.7 Å². The van der Waals surface area contributed by atoms with Crippen LogP contribution in [0.15, 0.2) is 23.1 Å². The lowest BCUT2D eigenvalue weighted by atomic mass is 10.3. The van der Waals surface area contributed by atoms with Gasteiger partial charge in [0.25, 0.3) is 0 Å². The number of benzene rings is 1. The summed E-state index contributed by atoms with van der Waals surface area (Å²) < 4.78 is 23.4. The predicted octanol–water partition coefficient (Wildman–Crippen LogP) is 0.922. The average Bonchev–Trinajstić information content (AvgIpc) is 3.19. The fraction of sp³-hybridized carbons (Fsp3) is 0.579. The van der Waals surface area contributed by atoms with E-state index in [1.807, 2.05) is 9.80 Å². The first kappa shape index (κ1) is 22.0. The highest BCUT2D eigenvalue weighted by molar-refractivity contribution is 7.90. The van der Waals surface area contributed by atoms with E-state index >= 15 is 0 Å². The van der Waals surface area contributed by atoms with Crippen LogP contribution < -0.4 is 5.32 Å². The number of piperazine rings is 1. The molecule has 1 aromatic rings. The summed E-state index contributed by atoms with van der Waals surface area (Å²) in [5, 5.41) is 2.99. The number of amides is 2. The highest BCUT2D eigenvalue weighted by Gasteiger charge is 2.24. The van der Waals surface area contributed by atoms with Gasteiger partial charge in [0, 0.05) is 45.5 Å². The normalized spacial score (nSPS) is 18.8. The summed E-state index contributed by atoms with van der Waals surface area (Å²) in [6.45, 7) is 5.20. The number of nitrogens with one attached hydrogen (secondary N) is 1. The second kappa shape index (κ2) is 9.42. The topological polar surface area (TPSA) is 90.0 Å². The monoisotopic (exact) mass is 442 g/mol. The SMILES string of the molecule is CS(=O)(=O)c1ccc(Cl)c(NC(=O)CN2CCN(CC(=O)N3CCCC3)CC2)c1. The molecule has 2 fully saturated rings. The van der Waals surface area contributed by atoms with Crippen molar-refractivity contribution in [3.05, 3.63) is 23.2 Å². The standard InChI is InChI=1S/C19H27ClN4O4S/c1-29(27,28)15-4-5-16(20)17(12-15)21-18(25)13-22-8-10-23(11-9-22)14-19(26)24-6-2-3-7-24/h4-5,12H,2-3,6-11,13-14H2,1H3,(H,21,25). The summed E-state index contributed by atoms with van der Waals surface area (Å²) in [6, 6.07) is 4.25. The van der Waals surface area contributed by atoms with E-state index in [2.05, 4.69) is 10.2 Å². The molecule has 0 radical (unpaired) electrons. The van der Waals surface area contributed by atoms with Crippen LogP contribution in [0.25, 0.3) is 0 Å². The molecule has 2 aliphatic rings. The summed E-state index contributed by atoms with van der Waals surface area (Å²) in [7, 11) is -3.38. The van der Waals surface area contributed by atoms with Gasteiger partial charge in [-0.25, -0.2) is 8.42 Å². The molecular weight excluding hydrogens is 416 g/mol. The maximum atomic E-state index is 12.4. The van der Waals surface area contributed by atoms with Gasteiger partial charge in [-0.05, 0) is 31.0 Å². The maximum Gasteiger partial charge on any atom is 0.238 e. The second-order valence-corrected chi connectivity index (χ2v) is 10.0. The third-order valence-electron chi connectivity index (χ3n) is 5.29. The summed E-state index contributed by atoms with van der Waals surface area (Å²) in [6.07, 6.45) is 3.28. The molecule has 1 aromatic carbocycles. The molecule has 3 rings (SSSR count). The molecule has 1 N–H and O–H groups in total. The van der Waals surface area contributed by atoms with Gasteiger partial charge in [-0.3, -0.25) is 19.4 Å². The zero-order valence-corrected chi connectivity index (χ0v) is 18.1. The molecule has 2 saturated heterocycles. The number of sulfone groups is 1. The summed E-state index contributed by atoms with van der Waals surface area (Å²) in [4.78, 5) is 30.8. The first-order chi connectivity index (χ1) is 13.7. The zero-order valence-electron chi connectivity index (χ0n) is 16.6. The molecule has 29 heavy (non-hydrogen) atoms. The van der Waals surface area contributed by atoms with Gasteiger partial charge in [-0.15, -0.1) is 0 Å². The van der Waals surface area contributed by atoms with Crippen LogP contribution in [0.4, 0.5) is 5.69 Å². The molecule has 2 aliphatic heterocycles. The maximum absolute atomic E-state index is 12.4. The van der Waals surface area contributed by atoms with Crippen molar-refractivity contribution in [2.75, 3.05) is 63.9 Å². The van der Waals surface area contributed by atoms with Crippen molar-refractivity contribution in [3.8, 4) is 0 Å². The van der Waals surface area contributed by atoms with Gasteiger partial charge in [0.2, 0.25) is 11.8 Å². The van der Waals surface area contributed by atoms with E-state index in [4.69, 9.17) is 11.6 Å². The van der Waals surface area contributed by atoms with E-state index in [0.717, 1.165) is 45.3 Å². The van der Waals surface area contributed by atoms with Crippen LogP contribution in [0.1, 0.15) is 12.8 Å². The molecule has 8 nitrogen and oxygen atoms in total. The van der Waals surface area contributed by atoms with Crippen molar-refractivity contribution in [1.29, 1.82) is 0 Å². The number of anilines is 1. The molecule has 0 aromatic heterocycles. The third kappa shape index (κ3) is 6.15. The Bertz CT molecular complexity index is 863. The lowest BCUT2D eigenvalue weighted by molar-refractivity contribution is -0.132.